The summed E-state index contributed by atoms with van der Waals surface area (Å²) in [4.78, 5) is 40.5. The molecule has 2 heterocycles. The largest absolute Gasteiger partial charge is 0.418 e. The molecule has 1 saturated heterocycles. The van der Waals surface area contributed by atoms with Gasteiger partial charge in [0.1, 0.15) is 11.3 Å². The summed E-state index contributed by atoms with van der Waals surface area (Å²) in [5, 5.41) is 19.0. The topological polar surface area (TPSA) is 157 Å². The molecular formula is C34H35F3N6O4. The van der Waals surface area contributed by atoms with E-state index in [9.17, 15) is 32.7 Å². The number of rotatable bonds is 8. The third-order valence-electron chi connectivity index (χ3n) is 8.57. The van der Waals surface area contributed by atoms with Gasteiger partial charge in [-0.25, -0.2) is 0 Å². The molecule has 5 rings (SSSR count). The molecule has 1 unspecified atom stereocenters. The van der Waals surface area contributed by atoms with Crippen LogP contribution in [0.15, 0.2) is 72.8 Å². The van der Waals surface area contributed by atoms with Crippen LogP contribution >= 0.6 is 0 Å². The third kappa shape index (κ3) is 7.14. The molecule has 4 aromatic rings. The standard InChI is InChI=1S/C34H35F3N6O4/c1-20-15-29(42(2)41-20)31(45)43-13-11-25(12-14-43)33(47,32(46)40-26-9-10-28(38)27(18-26)34(35,36)37)19-21-5-3-6-22(16-21)23-7-4-8-24(17-23)30(39)44/h3-10,15-18,25,47H,11-14,19,38H2,1-2H3,(H2,39,44)(H,40,46). The number of piperidine rings is 1. The lowest BCUT2D eigenvalue weighted by molar-refractivity contribution is -0.142. The fourth-order valence-electron chi connectivity index (χ4n) is 6.09. The Kier molecular flexibility index (Phi) is 9.12. The number of nitrogens with two attached hydrogens (primary N) is 2. The number of carbonyl (C=O) groups is 3. The summed E-state index contributed by atoms with van der Waals surface area (Å²) < 4.78 is 42.2. The number of nitrogens with one attached hydrogen (secondary N) is 1. The Morgan fingerprint density at radius 3 is 2.26 bits per heavy atom. The van der Waals surface area contributed by atoms with Gasteiger partial charge in [0.15, 0.2) is 0 Å². The molecule has 47 heavy (non-hydrogen) atoms. The monoisotopic (exact) mass is 648 g/mol. The molecule has 10 nitrogen and oxygen atoms in total. The number of carbonyl (C=O) groups excluding carboxylic acids is 3. The van der Waals surface area contributed by atoms with Gasteiger partial charge in [-0.15, -0.1) is 0 Å². The predicted molar refractivity (Wildman–Crippen MR) is 170 cm³/mol. The maximum Gasteiger partial charge on any atom is 0.418 e. The number of anilines is 2. The van der Waals surface area contributed by atoms with E-state index in [-0.39, 0.29) is 43.9 Å². The number of alkyl halides is 3. The van der Waals surface area contributed by atoms with Crippen molar-refractivity contribution < 1.29 is 32.7 Å². The normalized spacial score (nSPS) is 15.2. The number of nitrogen functional groups attached to an aromatic ring is 1. The van der Waals surface area contributed by atoms with Crippen LogP contribution in [0.3, 0.4) is 0 Å². The van der Waals surface area contributed by atoms with Crippen molar-refractivity contribution in [3.05, 3.63) is 101 Å². The van der Waals surface area contributed by atoms with Gasteiger partial charge in [0, 0.05) is 49.4 Å². The van der Waals surface area contributed by atoms with Crippen LogP contribution in [0.5, 0.6) is 0 Å². The number of hydrogen-bond donors (Lipinski definition) is 4. The Hall–Kier alpha value is -5.17. The lowest BCUT2D eigenvalue weighted by Gasteiger charge is -2.40. The summed E-state index contributed by atoms with van der Waals surface area (Å²) in [5.74, 6) is -2.36. The summed E-state index contributed by atoms with van der Waals surface area (Å²) in [7, 11) is 1.68. The lowest BCUT2D eigenvalue weighted by atomic mass is 9.75. The second-order valence-electron chi connectivity index (χ2n) is 11.9. The van der Waals surface area contributed by atoms with Gasteiger partial charge in [0.25, 0.3) is 11.8 Å². The summed E-state index contributed by atoms with van der Waals surface area (Å²) in [5.41, 5.74) is 10.5. The van der Waals surface area contributed by atoms with Crippen LogP contribution in [0.25, 0.3) is 11.1 Å². The zero-order valence-electron chi connectivity index (χ0n) is 25.8. The minimum Gasteiger partial charge on any atom is -0.398 e. The van der Waals surface area contributed by atoms with E-state index in [0.717, 1.165) is 12.1 Å². The molecule has 0 aliphatic carbocycles. The molecule has 13 heteroatoms. The fourth-order valence-corrected chi connectivity index (χ4v) is 6.09. The van der Waals surface area contributed by atoms with Crippen LogP contribution < -0.4 is 16.8 Å². The van der Waals surface area contributed by atoms with Crippen LogP contribution in [-0.4, -0.2) is 56.2 Å². The van der Waals surface area contributed by atoms with Crippen LogP contribution in [0.4, 0.5) is 24.5 Å². The highest BCUT2D eigenvalue weighted by Gasteiger charge is 2.46. The van der Waals surface area contributed by atoms with Crippen molar-refractivity contribution in [2.24, 2.45) is 18.7 Å². The number of benzene rings is 3. The number of aryl methyl sites for hydroxylation is 2. The Balaban J connectivity index is 1.44. The molecule has 1 aromatic heterocycles. The van der Waals surface area contributed by atoms with Crippen molar-refractivity contribution in [2.75, 3.05) is 24.1 Å². The summed E-state index contributed by atoms with van der Waals surface area (Å²) in [6.07, 6.45) is -4.42. The van der Waals surface area contributed by atoms with Crippen molar-refractivity contribution in [3.8, 4) is 11.1 Å². The van der Waals surface area contributed by atoms with E-state index in [2.05, 4.69) is 10.4 Å². The second kappa shape index (κ2) is 12.9. The van der Waals surface area contributed by atoms with Gasteiger partial charge in [-0.1, -0.05) is 36.4 Å². The van der Waals surface area contributed by atoms with Gasteiger partial charge >= 0.3 is 6.18 Å². The van der Waals surface area contributed by atoms with Crippen LogP contribution in [0.2, 0.25) is 0 Å². The van der Waals surface area contributed by atoms with Crippen LogP contribution in [0, 0.1) is 12.8 Å². The van der Waals surface area contributed by atoms with Gasteiger partial charge in [-0.2, -0.15) is 18.3 Å². The Morgan fingerprint density at radius 1 is 0.979 bits per heavy atom. The molecule has 1 aliphatic rings. The molecule has 6 N–H and O–H groups in total. The Morgan fingerprint density at radius 2 is 1.64 bits per heavy atom. The van der Waals surface area contributed by atoms with Gasteiger partial charge in [0.05, 0.1) is 11.3 Å². The van der Waals surface area contributed by atoms with Crippen LogP contribution in [-0.2, 0) is 24.4 Å². The Bertz CT molecular complexity index is 1830. The average molecular weight is 649 g/mol. The predicted octanol–water partition coefficient (Wildman–Crippen LogP) is 4.56. The van der Waals surface area contributed by atoms with E-state index in [1.807, 2.05) is 0 Å². The highest BCUT2D eigenvalue weighted by Crippen LogP contribution is 2.37. The van der Waals surface area contributed by atoms with E-state index >= 15 is 0 Å². The van der Waals surface area contributed by atoms with Gasteiger partial charge < -0.3 is 26.8 Å². The summed E-state index contributed by atoms with van der Waals surface area (Å²) >= 11 is 0. The van der Waals surface area contributed by atoms with Crippen LogP contribution in [0.1, 0.15) is 50.5 Å². The molecule has 1 atom stereocenters. The fraction of sp³-hybridized carbons (Fsp3) is 0.294. The van der Waals surface area contributed by atoms with Gasteiger partial charge in [-0.05, 0) is 72.9 Å². The van der Waals surface area contributed by atoms with Crippen molar-refractivity contribution in [1.82, 2.24) is 14.7 Å². The zero-order chi connectivity index (χ0) is 34.1. The van der Waals surface area contributed by atoms with Crippen molar-refractivity contribution in [2.45, 2.75) is 38.0 Å². The molecule has 1 fully saturated rings. The number of amides is 3. The smallest absolute Gasteiger partial charge is 0.398 e. The van der Waals surface area contributed by atoms with Crippen molar-refractivity contribution >= 4 is 29.1 Å². The van der Waals surface area contributed by atoms with E-state index < -0.39 is 40.8 Å². The molecule has 1 aliphatic heterocycles. The summed E-state index contributed by atoms with van der Waals surface area (Å²) in [6.45, 7) is 2.26. The number of aliphatic hydroxyl groups is 1. The number of hydrogen-bond acceptors (Lipinski definition) is 6. The first-order chi connectivity index (χ1) is 22.2. The van der Waals surface area contributed by atoms with E-state index in [1.54, 1.807) is 73.5 Å². The SMILES string of the molecule is Cc1cc(C(=O)N2CCC(C(O)(Cc3cccc(-c4cccc(C(N)=O)c4)c3)C(=O)Nc3ccc(N)c(C(F)(F)F)c3)CC2)n(C)n1. The minimum absolute atomic E-state index is 0.175. The number of nitrogens with zero attached hydrogens (tertiary/aromatic N) is 3. The molecule has 0 spiro atoms. The molecule has 3 amide bonds. The highest BCUT2D eigenvalue weighted by molar-refractivity contribution is 5.98. The minimum atomic E-state index is -4.75. The van der Waals surface area contributed by atoms with E-state index in [4.69, 9.17) is 11.5 Å². The average Bonchev–Trinajstić information content (AvgIpc) is 3.38. The van der Waals surface area contributed by atoms with Crippen molar-refractivity contribution in [3.63, 3.8) is 0 Å². The zero-order valence-corrected chi connectivity index (χ0v) is 25.8. The number of primary amides is 1. The molecular weight excluding hydrogens is 613 g/mol. The molecule has 0 radical (unpaired) electrons. The maximum absolute atomic E-state index is 13.9. The Labute approximate surface area is 269 Å². The number of likely N-dealkylation sites (tertiary alicyclic amines) is 1. The highest BCUT2D eigenvalue weighted by atomic mass is 19.4. The quantitative estimate of drug-likeness (QED) is 0.205. The second-order valence-corrected chi connectivity index (χ2v) is 11.9. The number of halogens is 3. The first-order valence-electron chi connectivity index (χ1n) is 15.0. The lowest BCUT2D eigenvalue weighted by Crippen LogP contribution is -2.54. The maximum atomic E-state index is 13.9. The molecule has 246 valence electrons. The van der Waals surface area contributed by atoms with E-state index in [1.165, 1.54) is 10.7 Å². The van der Waals surface area contributed by atoms with Crippen molar-refractivity contribution in [1.29, 1.82) is 0 Å². The first kappa shape index (κ1) is 33.2. The molecule has 0 saturated carbocycles. The summed E-state index contributed by atoms with van der Waals surface area (Å²) in [6, 6.07) is 18.5. The molecule has 0 bridgehead atoms. The first-order valence-corrected chi connectivity index (χ1v) is 15.0. The molecule has 3 aromatic carbocycles. The van der Waals surface area contributed by atoms with Gasteiger partial charge in [0.2, 0.25) is 5.91 Å². The third-order valence-corrected chi connectivity index (χ3v) is 8.57. The number of aromatic nitrogens is 2. The van der Waals surface area contributed by atoms with Gasteiger partial charge in [-0.3, -0.25) is 19.1 Å². The van der Waals surface area contributed by atoms with E-state index in [0.29, 0.717) is 33.6 Å².